The monoisotopic (exact) mass is 457 g/mol. The summed E-state index contributed by atoms with van der Waals surface area (Å²) in [6.07, 6.45) is -3.96. The molecule has 3 rings (SSSR count). The summed E-state index contributed by atoms with van der Waals surface area (Å²) in [6, 6.07) is -0.890. The number of likely N-dealkylation sites (N-methyl/N-ethyl adjacent to an activating group) is 1. The van der Waals surface area contributed by atoms with Crippen LogP contribution in [0.15, 0.2) is 12.3 Å². The Bertz CT molecular complexity index is 1010. The number of carbonyl (C=O) groups is 2. The van der Waals surface area contributed by atoms with E-state index in [1.165, 1.54) is 29.9 Å². The van der Waals surface area contributed by atoms with Crippen molar-refractivity contribution in [2.75, 3.05) is 13.6 Å². The first-order chi connectivity index (χ1) is 14.7. The van der Waals surface area contributed by atoms with E-state index in [0.717, 1.165) is 10.7 Å². The lowest BCUT2D eigenvalue weighted by Crippen LogP contribution is -2.49. The molecule has 2 N–H and O–H groups in total. The molecule has 0 unspecified atom stereocenters. The normalized spacial score (nSPS) is 20.5. The summed E-state index contributed by atoms with van der Waals surface area (Å²) in [7, 11) is 2.80. The number of aryl methyl sites for hydroxylation is 1. The number of hydrogen-bond acceptors (Lipinski definition) is 6. The Morgan fingerprint density at radius 3 is 2.47 bits per heavy atom. The van der Waals surface area contributed by atoms with Gasteiger partial charge in [-0.05, 0) is 11.5 Å². The standard InChI is InChI=1S/C19H26F3N7O3/c1-18(2,3)15(17(32)28-8-10(30)6-13(28)16(31)23-4)29-9-11(24-26-29)12-7-14(19(20,21)22)25-27(12)5/h7,9-10,13,15,30H,6,8H2,1-5H3,(H,23,31)/t10-,13+,15-/m1/s1. The van der Waals surface area contributed by atoms with Gasteiger partial charge in [-0.2, -0.15) is 18.3 Å². The summed E-state index contributed by atoms with van der Waals surface area (Å²) in [5.41, 5.74) is -1.55. The van der Waals surface area contributed by atoms with Crippen molar-refractivity contribution in [2.45, 2.75) is 51.6 Å². The van der Waals surface area contributed by atoms with Crippen molar-refractivity contribution in [1.82, 2.24) is 35.0 Å². The van der Waals surface area contributed by atoms with Crippen LogP contribution in [-0.2, 0) is 22.8 Å². The third kappa shape index (κ3) is 4.47. The Kier molecular flexibility index (Phi) is 6.06. The maximum Gasteiger partial charge on any atom is 0.435 e. The van der Waals surface area contributed by atoms with Gasteiger partial charge in [0.1, 0.15) is 17.8 Å². The molecule has 1 saturated heterocycles. The van der Waals surface area contributed by atoms with E-state index in [2.05, 4.69) is 20.7 Å². The molecule has 1 aliphatic heterocycles. The minimum Gasteiger partial charge on any atom is -0.391 e. The molecule has 176 valence electrons. The lowest BCUT2D eigenvalue weighted by molar-refractivity contribution is -0.144. The zero-order valence-corrected chi connectivity index (χ0v) is 18.4. The topological polar surface area (TPSA) is 118 Å². The van der Waals surface area contributed by atoms with Crippen LogP contribution >= 0.6 is 0 Å². The van der Waals surface area contributed by atoms with E-state index >= 15 is 0 Å². The van der Waals surface area contributed by atoms with Crippen molar-refractivity contribution in [1.29, 1.82) is 0 Å². The van der Waals surface area contributed by atoms with Crippen molar-refractivity contribution in [3.05, 3.63) is 18.0 Å². The third-order valence-electron chi connectivity index (χ3n) is 5.37. The molecule has 2 aromatic rings. The molecule has 1 aliphatic rings. The lowest BCUT2D eigenvalue weighted by Gasteiger charge is -2.34. The summed E-state index contributed by atoms with van der Waals surface area (Å²) < 4.78 is 41.3. The van der Waals surface area contributed by atoms with Gasteiger partial charge in [0.15, 0.2) is 5.69 Å². The predicted molar refractivity (Wildman–Crippen MR) is 106 cm³/mol. The van der Waals surface area contributed by atoms with Crippen LogP contribution in [0.3, 0.4) is 0 Å². The quantitative estimate of drug-likeness (QED) is 0.707. The first-order valence-corrected chi connectivity index (χ1v) is 9.97. The van der Waals surface area contributed by atoms with Gasteiger partial charge in [-0.3, -0.25) is 14.3 Å². The van der Waals surface area contributed by atoms with Gasteiger partial charge in [0.2, 0.25) is 11.8 Å². The molecule has 13 heteroatoms. The third-order valence-corrected chi connectivity index (χ3v) is 5.37. The van der Waals surface area contributed by atoms with Crippen LogP contribution in [0.2, 0.25) is 0 Å². The Morgan fingerprint density at radius 2 is 1.94 bits per heavy atom. The van der Waals surface area contributed by atoms with Gasteiger partial charge in [0, 0.05) is 27.1 Å². The first-order valence-electron chi connectivity index (χ1n) is 9.97. The van der Waals surface area contributed by atoms with Crippen molar-refractivity contribution in [3.8, 4) is 11.4 Å². The Balaban J connectivity index is 1.97. The largest absolute Gasteiger partial charge is 0.435 e. The number of aliphatic hydroxyl groups is 1. The Labute approximate surface area is 182 Å². The number of carbonyl (C=O) groups excluding carboxylic acids is 2. The summed E-state index contributed by atoms with van der Waals surface area (Å²) in [5.74, 6) is -0.837. The summed E-state index contributed by atoms with van der Waals surface area (Å²) >= 11 is 0. The van der Waals surface area contributed by atoms with E-state index < -0.39 is 47.3 Å². The van der Waals surface area contributed by atoms with Crippen LogP contribution in [0.25, 0.3) is 11.4 Å². The van der Waals surface area contributed by atoms with Crippen LogP contribution in [0, 0.1) is 5.41 Å². The fourth-order valence-corrected chi connectivity index (χ4v) is 3.88. The minimum absolute atomic E-state index is 0.0122. The lowest BCUT2D eigenvalue weighted by atomic mass is 9.85. The van der Waals surface area contributed by atoms with Crippen LogP contribution in [0.1, 0.15) is 38.9 Å². The number of amides is 2. The van der Waals surface area contributed by atoms with Gasteiger partial charge in [-0.25, -0.2) is 4.68 Å². The van der Waals surface area contributed by atoms with Crippen LogP contribution < -0.4 is 5.32 Å². The first kappa shape index (κ1) is 23.7. The van der Waals surface area contributed by atoms with Crippen molar-refractivity contribution in [3.63, 3.8) is 0 Å². The highest BCUT2D eigenvalue weighted by molar-refractivity contribution is 5.90. The smallest absolute Gasteiger partial charge is 0.391 e. The number of nitrogens with zero attached hydrogens (tertiary/aromatic N) is 6. The average molecular weight is 457 g/mol. The average Bonchev–Trinajstić information content (AvgIpc) is 3.37. The number of likely N-dealkylation sites (tertiary alicyclic amines) is 1. The zero-order chi connectivity index (χ0) is 24.0. The fraction of sp³-hybridized carbons (Fsp3) is 0.632. The maximum atomic E-state index is 13.5. The number of β-amino-alcohol motifs (C(OH)–C–C–N with tert-alkyl or cyclic N) is 1. The maximum absolute atomic E-state index is 13.5. The molecule has 0 spiro atoms. The molecule has 0 saturated carbocycles. The molecule has 2 amide bonds. The number of alkyl halides is 3. The molecule has 0 radical (unpaired) electrons. The van der Waals surface area contributed by atoms with E-state index in [9.17, 15) is 27.9 Å². The highest BCUT2D eigenvalue weighted by Gasteiger charge is 2.45. The number of aromatic nitrogens is 5. The molecule has 3 heterocycles. The molecule has 32 heavy (non-hydrogen) atoms. The number of hydrogen-bond donors (Lipinski definition) is 2. The second-order valence-corrected chi connectivity index (χ2v) is 8.90. The molecule has 2 aromatic heterocycles. The van der Waals surface area contributed by atoms with Gasteiger partial charge < -0.3 is 15.3 Å². The van der Waals surface area contributed by atoms with Crippen molar-refractivity contribution < 1.29 is 27.9 Å². The fourth-order valence-electron chi connectivity index (χ4n) is 3.88. The highest BCUT2D eigenvalue weighted by Crippen LogP contribution is 2.35. The van der Waals surface area contributed by atoms with E-state index in [4.69, 9.17) is 0 Å². The summed E-state index contributed by atoms with van der Waals surface area (Å²) in [4.78, 5) is 27.0. The van der Waals surface area contributed by atoms with Crippen molar-refractivity contribution >= 4 is 11.8 Å². The predicted octanol–water partition coefficient (Wildman–Crippen LogP) is 0.992. The van der Waals surface area contributed by atoms with E-state index in [1.54, 1.807) is 20.8 Å². The van der Waals surface area contributed by atoms with Crippen molar-refractivity contribution in [2.24, 2.45) is 12.5 Å². The van der Waals surface area contributed by atoms with Crippen LogP contribution in [0.4, 0.5) is 13.2 Å². The molecule has 0 aliphatic carbocycles. The van der Waals surface area contributed by atoms with E-state index in [1.807, 2.05) is 0 Å². The van der Waals surface area contributed by atoms with Gasteiger partial charge >= 0.3 is 6.18 Å². The summed E-state index contributed by atoms with van der Waals surface area (Å²) in [5, 5.41) is 24.0. The molecule has 10 nitrogen and oxygen atoms in total. The van der Waals surface area contributed by atoms with E-state index in [0.29, 0.717) is 0 Å². The molecular formula is C19H26F3N7O3. The van der Waals surface area contributed by atoms with Crippen LogP contribution in [0.5, 0.6) is 0 Å². The number of halogens is 3. The molecular weight excluding hydrogens is 431 g/mol. The molecule has 0 bridgehead atoms. The number of rotatable bonds is 4. The number of nitrogens with one attached hydrogen (secondary N) is 1. The second-order valence-electron chi connectivity index (χ2n) is 8.90. The Hall–Kier alpha value is -2.96. The Morgan fingerprint density at radius 1 is 1.28 bits per heavy atom. The molecule has 0 aromatic carbocycles. The van der Waals surface area contributed by atoms with Gasteiger partial charge in [0.25, 0.3) is 0 Å². The number of aliphatic hydroxyl groups excluding tert-OH is 1. The van der Waals surface area contributed by atoms with Gasteiger partial charge in [-0.15, -0.1) is 5.10 Å². The SMILES string of the molecule is CNC(=O)[C@@H]1C[C@@H](O)CN1C(=O)[C@@H](n1cc(-c2cc(C(F)(F)F)nn2C)nn1)C(C)(C)C. The van der Waals surface area contributed by atoms with E-state index in [-0.39, 0.29) is 24.4 Å². The second kappa shape index (κ2) is 8.19. The minimum atomic E-state index is -4.61. The molecule has 1 fully saturated rings. The zero-order valence-electron chi connectivity index (χ0n) is 18.4. The highest BCUT2D eigenvalue weighted by atomic mass is 19.4. The van der Waals surface area contributed by atoms with Gasteiger partial charge in [-0.1, -0.05) is 26.0 Å². The molecule has 3 atom stereocenters. The summed E-state index contributed by atoms with van der Waals surface area (Å²) in [6.45, 7) is 5.38. The van der Waals surface area contributed by atoms with Gasteiger partial charge in [0.05, 0.1) is 18.0 Å². The van der Waals surface area contributed by atoms with Crippen LogP contribution in [-0.4, -0.2) is 72.3 Å².